The number of hydrogen-bond donors (Lipinski definition) is 1. The lowest BCUT2D eigenvalue weighted by atomic mass is 10.1. The van der Waals surface area contributed by atoms with Gasteiger partial charge in [-0.2, -0.15) is 0 Å². The Morgan fingerprint density at radius 3 is 2.31 bits per heavy atom. The number of amidine groups is 1. The molecule has 2 aromatic carbocycles. The van der Waals surface area contributed by atoms with Crippen LogP contribution in [0.3, 0.4) is 0 Å². The zero-order chi connectivity index (χ0) is 20.5. The van der Waals surface area contributed by atoms with Crippen molar-refractivity contribution in [3.63, 3.8) is 0 Å². The highest BCUT2D eigenvalue weighted by Crippen LogP contribution is 2.33. The number of halogens is 2. The predicted octanol–water partition coefficient (Wildman–Crippen LogP) is 3.97. The number of thioether (sulfide) groups is 1. The van der Waals surface area contributed by atoms with Gasteiger partial charge in [-0.15, -0.1) is 0 Å². The largest absolute Gasteiger partial charge is 0.331 e. The first-order valence-corrected chi connectivity index (χ1v) is 10.7. The smallest absolute Gasteiger partial charge is 0.325 e. The van der Waals surface area contributed by atoms with Crippen molar-refractivity contribution in [3.05, 3.63) is 69.7 Å². The van der Waals surface area contributed by atoms with Gasteiger partial charge >= 0.3 is 6.03 Å². The predicted molar refractivity (Wildman–Crippen MR) is 116 cm³/mol. The van der Waals surface area contributed by atoms with Crippen LogP contribution < -0.4 is 5.32 Å². The molecular weight excluding hydrogens is 431 g/mol. The number of likely N-dealkylation sites (N-methyl/N-ethyl adjacent to an activating group) is 1. The van der Waals surface area contributed by atoms with E-state index in [9.17, 15) is 9.59 Å². The van der Waals surface area contributed by atoms with E-state index in [4.69, 9.17) is 28.2 Å². The average molecular weight is 449 g/mol. The summed E-state index contributed by atoms with van der Waals surface area (Å²) in [6.07, 6.45) is -0.576. The number of amides is 3. The molecule has 0 radical (unpaired) electrons. The fourth-order valence-corrected chi connectivity index (χ4v) is 4.89. The molecule has 0 aliphatic carbocycles. The highest BCUT2D eigenvalue weighted by molar-refractivity contribution is 8.13. The van der Waals surface area contributed by atoms with Crippen molar-refractivity contribution in [2.75, 3.05) is 7.05 Å². The minimum absolute atomic E-state index is 0.359. The van der Waals surface area contributed by atoms with Crippen LogP contribution in [0.1, 0.15) is 11.1 Å². The lowest BCUT2D eigenvalue weighted by Crippen LogP contribution is -2.63. The monoisotopic (exact) mass is 448 g/mol. The van der Waals surface area contributed by atoms with Crippen LogP contribution in [0, 0.1) is 0 Å². The van der Waals surface area contributed by atoms with Crippen molar-refractivity contribution < 1.29 is 9.59 Å². The Labute approximate surface area is 182 Å². The Hall–Kier alpha value is -2.22. The number of carbonyl (C=O) groups is 2. The zero-order valence-corrected chi connectivity index (χ0v) is 17.8. The van der Waals surface area contributed by atoms with E-state index in [0.717, 1.165) is 11.1 Å². The van der Waals surface area contributed by atoms with Crippen LogP contribution in [0.4, 0.5) is 4.79 Å². The number of nitrogens with one attached hydrogen (secondary N) is 1. The minimum Gasteiger partial charge on any atom is -0.331 e. The molecule has 2 aliphatic rings. The van der Waals surface area contributed by atoms with Gasteiger partial charge in [0.15, 0.2) is 17.4 Å². The molecule has 2 atom stereocenters. The van der Waals surface area contributed by atoms with Crippen LogP contribution in [0.5, 0.6) is 0 Å². The first-order chi connectivity index (χ1) is 14.0. The fourth-order valence-electron chi connectivity index (χ4n) is 3.35. The molecule has 1 fully saturated rings. The summed E-state index contributed by atoms with van der Waals surface area (Å²) in [6, 6.07) is 14.0. The third kappa shape index (κ3) is 3.95. The average Bonchev–Trinajstić information content (AvgIpc) is 3.06. The topological polar surface area (TPSA) is 65.0 Å². The Morgan fingerprint density at radius 2 is 1.66 bits per heavy atom. The molecule has 0 bridgehead atoms. The number of aliphatic imine (C=N–C) groups is 1. The van der Waals surface area contributed by atoms with Gasteiger partial charge in [-0.25, -0.2) is 9.79 Å². The van der Waals surface area contributed by atoms with E-state index in [2.05, 4.69) is 5.32 Å². The Balaban J connectivity index is 1.64. The molecule has 2 aromatic rings. The summed E-state index contributed by atoms with van der Waals surface area (Å²) < 4.78 is 0. The number of carbonyl (C=O) groups excluding carboxylic acids is 2. The molecule has 2 aliphatic heterocycles. The molecule has 9 heteroatoms. The summed E-state index contributed by atoms with van der Waals surface area (Å²) in [5, 5.41) is 4.38. The first kappa shape index (κ1) is 20.1. The lowest BCUT2D eigenvalue weighted by Gasteiger charge is -2.36. The van der Waals surface area contributed by atoms with Crippen LogP contribution >= 0.6 is 35.0 Å². The number of hydrogen-bond acceptors (Lipinski definition) is 5. The van der Waals surface area contributed by atoms with Crippen LogP contribution in [0.25, 0.3) is 0 Å². The summed E-state index contributed by atoms with van der Waals surface area (Å²) in [4.78, 5) is 32.8. The van der Waals surface area contributed by atoms with Gasteiger partial charge in [0.1, 0.15) is 0 Å². The molecule has 0 saturated carbocycles. The molecule has 4 rings (SSSR count). The van der Waals surface area contributed by atoms with Crippen molar-refractivity contribution in [1.29, 1.82) is 0 Å². The molecule has 2 unspecified atom stereocenters. The van der Waals surface area contributed by atoms with Crippen LogP contribution in [0.2, 0.25) is 10.0 Å². The van der Waals surface area contributed by atoms with Crippen molar-refractivity contribution in [2.24, 2.45) is 4.99 Å². The van der Waals surface area contributed by atoms with Gasteiger partial charge < -0.3 is 9.80 Å². The number of benzene rings is 2. The van der Waals surface area contributed by atoms with Gasteiger partial charge in [0, 0.05) is 29.4 Å². The minimum atomic E-state index is -0.609. The van der Waals surface area contributed by atoms with Crippen LogP contribution in [0.15, 0.2) is 53.5 Å². The van der Waals surface area contributed by atoms with Crippen molar-refractivity contribution in [3.8, 4) is 0 Å². The number of nitrogens with zero attached hydrogens (tertiary/aromatic N) is 3. The van der Waals surface area contributed by atoms with Gasteiger partial charge in [-0.1, -0.05) is 71.4 Å². The molecule has 3 amide bonds. The summed E-state index contributed by atoms with van der Waals surface area (Å²) in [5.74, 6) is 0.234. The summed E-state index contributed by atoms with van der Waals surface area (Å²) >= 11 is 14.1. The molecule has 1 saturated heterocycles. The number of rotatable bonds is 4. The Kier molecular flexibility index (Phi) is 5.72. The zero-order valence-electron chi connectivity index (χ0n) is 15.5. The molecule has 0 spiro atoms. The van der Waals surface area contributed by atoms with E-state index < -0.39 is 18.2 Å². The maximum absolute atomic E-state index is 12.7. The van der Waals surface area contributed by atoms with Crippen LogP contribution in [-0.4, -0.2) is 46.2 Å². The van der Waals surface area contributed by atoms with E-state index in [1.54, 1.807) is 7.05 Å². The Bertz CT molecular complexity index is 1000. The second-order valence-corrected chi connectivity index (χ2v) is 8.53. The Morgan fingerprint density at radius 1 is 1.03 bits per heavy atom. The molecule has 150 valence electrons. The maximum atomic E-state index is 12.7. The van der Waals surface area contributed by atoms with Crippen molar-refractivity contribution in [1.82, 2.24) is 15.1 Å². The second-order valence-electron chi connectivity index (χ2n) is 6.77. The number of imide groups is 1. The van der Waals surface area contributed by atoms with E-state index in [1.165, 1.54) is 16.7 Å². The quantitative estimate of drug-likeness (QED) is 0.767. The van der Waals surface area contributed by atoms with Gasteiger partial charge in [-0.3, -0.25) is 10.1 Å². The van der Waals surface area contributed by atoms with E-state index >= 15 is 0 Å². The normalized spacial score (nSPS) is 21.1. The number of fused-ring (bicyclic) bond motifs is 1. The highest BCUT2D eigenvalue weighted by Gasteiger charge is 2.48. The standard InChI is InChI=1S/C20H18Cl2N4O2S/c1-25-17-16(18(27)24-19(25)28)26(10-12-6-2-4-8-14(12)21)20(23-17)29-11-13-7-3-5-9-15(13)22/h2-9,16-17H,10-11H2,1H3,(H,24,27,28). The third-order valence-electron chi connectivity index (χ3n) is 4.94. The molecule has 2 heterocycles. The first-order valence-electron chi connectivity index (χ1n) is 8.97. The SMILES string of the molecule is CN1C(=O)NC(=O)C2C1N=C(SCc1ccccc1Cl)N2Cc1ccccc1Cl. The van der Waals surface area contributed by atoms with Gasteiger partial charge in [0.05, 0.1) is 0 Å². The summed E-state index contributed by atoms with van der Waals surface area (Å²) in [7, 11) is 1.64. The maximum Gasteiger partial charge on any atom is 0.325 e. The number of urea groups is 1. The highest BCUT2D eigenvalue weighted by atomic mass is 35.5. The van der Waals surface area contributed by atoms with E-state index in [-0.39, 0.29) is 5.91 Å². The third-order valence-corrected chi connectivity index (χ3v) is 6.73. The molecule has 6 nitrogen and oxygen atoms in total. The van der Waals surface area contributed by atoms with Crippen LogP contribution in [-0.2, 0) is 17.1 Å². The second kappa shape index (κ2) is 8.26. The molecule has 29 heavy (non-hydrogen) atoms. The van der Waals surface area contributed by atoms with Crippen molar-refractivity contribution in [2.45, 2.75) is 24.5 Å². The summed E-state index contributed by atoms with van der Waals surface area (Å²) in [5.41, 5.74) is 1.86. The van der Waals surface area contributed by atoms with Gasteiger partial charge in [0.25, 0.3) is 5.91 Å². The van der Waals surface area contributed by atoms with E-state index in [0.29, 0.717) is 27.5 Å². The van der Waals surface area contributed by atoms with Gasteiger partial charge in [0.2, 0.25) is 0 Å². The van der Waals surface area contributed by atoms with Gasteiger partial charge in [-0.05, 0) is 23.3 Å². The molecular formula is C20H18Cl2N4O2S. The molecule has 0 aromatic heterocycles. The van der Waals surface area contributed by atoms with E-state index in [1.807, 2.05) is 53.4 Å². The molecule has 1 N–H and O–H groups in total. The van der Waals surface area contributed by atoms with Crippen molar-refractivity contribution >= 4 is 52.1 Å². The lowest BCUT2D eigenvalue weighted by molar-refractivity contribution is -0.127. The fraction of sp³-hybridized carbons (Fsp3) is 0.250. The summed E-state index contributed by atoms with van der Waals surface area (Å²) in [6.45, 7) is 0.407.